The summed E-state index contributed by atoms with van der Waals surface area (Å²) in [6.07, 6.45) is 0. The summed E-state index contributed by atoms with van der Waals surface area (Å²) in [5.41, 5.74) is 1.69. The molecule has 6 heteroatoms. The van der Waals surface area contributed by atoms with Crippen molar-refractivity contribution in [3.8, 4) is 11.5 Å². The van der Waals surface area contributed by atoms with Gasteiger partial charge in [0.15, 0.2) is 11.5 Å². The molecule has 1 aromatic heterocycles. The van der Waals surface area contributed by atoms with Crippen molar-refractivity contribution in [3.63, 3.8) is 0 Å². The summed E-state index contributed by atoms with van der Waals surface area (Å²) in [5, 5.41) is 13.1. The molecule has 2 aromatic rings. The topological polar surface area (TPSA) is 80.7 Å². The molecule has 0 saturated heterocycles. The number of esters is 1. The van der Waals surface area contributed by atoms with Crippen LogP contribution in [0.2, 0.25) is 0 Å². The number of aryl methyl sites for hydroxylation is 1. The van der Waals surface area contributed by atoms with Crippen LogP contribution in [0.15, 0.2) is 30.3 Å². The van der Waals surface area contributed by atoms with Gasteiger partial charge >= 0.3 is 5.97 Å². The normalized spacial score (nSPS) is 10.1. The highest BCUT2D eigenvalue weighted by Gasteiger charge is 2.11. The first kappa shape index (κ1) is 15.6. The monoisotopic (exact) mass is 302 g/mol. The lowest BCUT2D eigenvalue weighted by atomic mass is 10.1. The zero-order valence-electron chi connectivity index (χ0n) is 12.7. The summed E-state index contributed by atoms with van der Waals surface area (Å²) >= 11 is 0. The van der Waals surface area contributed by atoms with Crippen molar-refractivity contribution in [1.29, 1.82) is 0 Å². The predicted octanol–water partition coefficient (Wildman–Crippen LogP) is 2.50. The fourth-order valence-corrected chi connectivity index (χ4v) is 2.05. The van der Waals surface area contributed by atoms with E-state index in [0.717, 1.165) is 0 Å². The van der Waals surface area contributed by atoms with Gasteiger partial charge in [-0.3, -0.25) is 0 Å². The summed E-state index contributed by atoms with van der Waals surface area (Å²) in [5.74, 6) is 0.708. The number of aromatic nitrogens is 1. The van der Waals surface area contributed by atoms with E-state index in [2.05, 4.69) is 15.0 Å². The number of phenolic OH excluding ortho intramolecular Hbond substituents is 1. The summed E-state index contributed by atoms with van der Waals surface area (Å²) in [7, 11) is 2.84. The van der Waals surface area contributed by atoms with Crippen LogP contribution in [0.4, 0.5) is 5.82 Å². The number of para-hydroxylation sites is 1. The van der Waals surface area contributed by atoms with Crippen LogP contribution in [0.1, 0.15) is 21.6 Å². The van der Waals surface area contributed by atoms with Crippen molar-refractivity contribution in [2.45, 2.75) is 13.5 Å². The van der Waals surface area contributed by atoms with Crippen LogP contribution in [-0.4, -0.2) is 30.3 Å². The van der Waals surface area contributed by atoms with E-state index in [1.54, 1.807) is 37.3 Å². The molecule has 2 rings (SSSR count). The number of hydrogen-bond donors (Lipinski definition) is 2. The van der Waals surface area contributed by atoms with Gasteiger partial charge in [0, 0.05) is 12.1 Å². The van der Waals surface area contributed by atoms with E-state index in [9.17, 15) is 9.90 Å². The van der Waals surface area contributed by atoms with Gasteiger partial charge in [0.2, 0.25) is 0 Å². The summed E-state index contributed by atoms with van der Waals surface area (Å²) in [6.45, 7) is 2.12. The predicted molar refractivity (Wildman–Crippen MR) is 82.3 cm³/mol. The Kier molecular flexibility index (Phi) is 4.83. The first-order valence-electron chi connectivity index (χ1n) is 6.71. The molecule has 0 saturated carbocycles. The first-order valence-corrected chi connectivity index (χ1v) is 6.71. The SMILES string of the molecule is COC(=O)c1ccc(NCc2cccc(OC)c2O)nc1C. The van der Waals surface area contributed by atoms with Gasteiger partial charge in [-0.2, -0.15) is 0 Å². The molecule has 0 amide bonds. The molecule has 6 nitrogen and oxygen atoms in total. The van der Waals surface area contributed by atoms with Crippen LogP contribution >= 0.6 is 0 Å². The molecule has 116 valence electrons. The number of nitrogens with zero attached hydrogens (tertiary/aromatic N) is 1. The van der Waals surface area contributed by atoms with Gasteiger partial charge in [0.1, 0.15) is 5.82 Å². The Morgan fingerprint density at radius 3 is 2.68 bits per heavy atom. The number of methoxy groups -OCH3 is 2. The highest BCUT2D eigenvalue weighted by molar-refractivity contribution is 5.90. The molecular formula is C16H18N2O4. The molecule has 0 unspecified atom stereocenters. The van der Waals surface area contributed by atoms with Crippen LogP contribution in [0.5, 0.6) is 11.5 Å². The molecule has 0 bridgehead atoms. The number of aromatic hydroxyl groups is 1. The molecule has 0 atom stereocenters. The van der Waals surface area contributed by atoms with E-state index in [4.69, 9.17) is 4.74 Å². The van der Waals surface area contributed by atoms with Crippen molar-refractivity contribution < 1.29 is 19.4 Å². The van der Waals surface area contributed by atoms with Crippen LogP contribution in [-0.2, 0) is 11.3 Å². The quantitative estimate of drug-likeness (QED) is 0.826. The van der Waals surface area contributed by atoms with E-state index >= 15 is 0 Å². The minimum atomic E-state index is -0.415. The molecule has 1 heterocycles. The largest absolute Gasteiger partial charge is 0.504 e. The van der Waals surface area contributed by atoms with Crippen LogP contribution in [0.25, 0.3) is 0 Å². The third-order valence-electron chi connectivity index (χ3n) is 3.25. The Hall–Kier alpha value is -2.76. The van der Waals surface area contributed by atoms with Gasteiger partial charge in [-0.25, -0.2) is 9.78 Å². The van der Waals surface area contributed by atoms with Gasteiger partial charge < -0.3 is 19.9 Å². The summed E-state index contributed by atoms with van der Waals surface area (Å²) < 4.78 is 9.75. The molecule has 0 fully saturated rings. The molecule has 2 N–H and O–H groups in total. The third-order valence-corrected chi connectivity index (χ3v) is 3.25. The van der Waals surface area contributed by atoms with E-state index in [-0.39, 0.29) is 5.75 Å². The number of phenols is 1. The second-order valence-corrected chi connectivity index (χ2v) is 4.64. The number of pyridine rings is 1. The highest BCUT2D eigenvalue weighted by atomic mass is 16.5. The van der Waals surface area contributed by atoms with Crippen molar-refractivity contribution in [2.24, 2.45) is 0 Å². The van der Waals surface area contributed by atoms with Crippen molar-refractivity contribution in [1.82, 2.24) is 4.98 Å². The number of anilines is 1. The Morgan fingerprint density at radius 2 is 2.05 bits per heavy atom. The fourth-order valence-electron chi connectivity index (χ4n) is 2.05. The smallest absolute Gasteiger partial charge is 0.339 e. The molecule has 22 heavy (non-hydrogen) atoms. The minimum absolute atomic E-state index is 0.0976. The molecule has 0 aliphatic carbocycles. The number of carbonyl (C=O) groups is 1. The Morgan fingerprint density at radius 1 is 1.27 bits per heavy atom. The molecular weight excluding hydrogens is 284 g/mol. The Balaban J connectivity index is 2.12. The van der Waals surface area contributed by atoms with E-state index in [0.29, 0.717) is 34.9 Å². The number of hydrogen-bond acceptors (Lipinski definition) is 6. The Labute approximate surface area is 128 Å². The highest BCUT2D eigenvalue weighted by Crippen LogP contribution is 2.29. The molecule has 0 aliphatic rings. The van der Waals surface area contributed by atoms with Crippen LogP contribution in [0.3, 0.4) is 0 Å². The Bertz CT molecular complexity index is 686. The van der Waals surface area contributed by atoms with Crippen molar-refractivity contribution in [2.75, 3.05) is 19.5 Å². The maximum atomic E-state index is 11.5. The third kappa shape index (κ3) is 3.28. The van der Waals surface area contributed by atoms with Crippen molar-refractivity contribution >= 4 is 11.8 Å². The van der Waals surface area contributed by atoms with Gasteiger partial charge in [-0.1, -0.05) is 12.1 Å². The summed E-state index contributed by atoms with van der Waals surface area (Å²) in [4.78, 5) is 15.8. The zero-order chi connectivity index (χ0) is 16.1. The molecule has 1 aromatic carbocycles. The lowest BCUT2D eigenvalue weighted by molar-refractivity contribution is 0.0599. The van der Waals surface area contributed by atoms with Gasteiger partial charge in [-0.05, 0) is 25.1 Å². The van der Waals surface area contributed by atoms with E-state index in [1.165, 1.54) is 14.2 Å². The zero-order valence-corrected chi connectivity index (χ0v) is 12.7. The van der Waals surface area contributed by atoms with Gasteiger partial charge in [0.25, 0.3) is 0 Å². The first-order chi connectivity index (χ1) is 10.6. The lowest BCUT2D eigenvalue weighted by Crippen LogP contribution is -2.08. The molecule has 0 aliphatic heterocycles. The lowest BCUT2D eigenvalue weighted by Gasteiger charge is -2.11. The van der Waals surface area contributed by atoms with E-state index in [1.807, 2.05) is 0 Å². The average molecular weight is 302 g/mol. The maximum Gasteiger partial charge on any atom is 0.339 e. The standard InChI is InChI=1S/C16H18N2O4/c1-10-12(16(20)22-3)7-8-14(18-10)17-9-11-5-4-6-13(21-2)15(11)19/h4-8,19H,9H2,1-3H3,(H,17,18). The van der Waals surface area contributed by atoms with E-state index < -0.39 is 5.97 Å². The van der Waals surface area contributed by atoms with Gasteiger partial charge in [0.05, 0.1) is 25.5 Å². The van der Waals surface area contributed by atoms with Crippen LogP contribution < -0.4 is 10.1 Å². The van der Waals surface area contributed by atoms with Crippen molar-refractivity contribution in [3.05, 3.63) is 47.2 Å². The van der Waals surface area contributed by atoms with Gasteiger partial charge in [-0.15, -0.1) is 0 Å². The number of nitrogens with one attached hydrogen (secondary N) is 1. The fraction of sp³-hybridized carbons (Fsp3) is 0.250. The minimum Gasteiger partial charge on any atom is -0.504 e. The molecule has 0 radical (unpaired) electrons. The summed E-state index contributed by atoms with van der Waals surface area (Å²) in [6, 6.07) is 8.62. The maximum absolute atomic E-state index is 11.5. The number of carbonyl (C=O) groups excluding carboxylic acids is 1. The molecule has 0 spiro atoms. The number of rotatable bonds is 5. The average Bonchev–Trinajstić information content (AvgIpc) is 2.53. The second-order valence-electron chi connectivity index (χ2n) is 4.64. The number of ether oxygens (including phenoxy) is 2. The number of benzene rings is 1. The second kappa shape index (κ2) is 6.80. The van der Waals surface area contributed by atoms with Crippen LogP contribution in [0, 0.1) is 6.92 Å².